The molecule has 0 amide bonds. The van der Waals surface area contributed by atoms with Crippen LogP contribution in [0.1, 0.15) is 105 Å². The summed E-state index contributed by atoms with van der Waals surface area (Å²) < 4.78 is 37.4. The van der Waals surface area contributed by atoms with Gasteiger partial charge >= 0.3 is 12.1 Å². The second-order valence-electron chi connectivity index (χ2n) is 8.34. The molecular formula is C25H48N4O6. The van der Waals surface area contributed by atoms with E-state index in [-0.39, 0.29) is 11.8 Å². The molecule has 0 aliphatic rings. The minimum atomic E-state index is -1.86. The van der Waals surface area contributed by atoms with Crippen molar-refractivity contribution >= 4 is 5.95 Å². The lowest BCUT2D eigenvalue weighted by molar-refractivity contribution is -0.581. The minimum Gasteiger partial charge on any atom is -0.368 e. The first kappa shape index (κ1) is 31.6. The summed E-state index contributed by atoms with van der Waals surface area (Å²) in [7, 11) is 0. The Morgan fingerprint density at radius 3 is 1.40 bits per heavy atom. The van der Waals surface area contributed by atoms with Crippen LogP contribution in [0.5, 0.6) is 0 Å². The zero-order chi connectivity index (χ0) is 25.8. The zero-order valence-electron chi connectivity index (χ0n) is 22.6. The Hall–Kier alpha value is -1.43. The summed E-state index contributed by atoms with van der Waals surface area (Å²) in [6.07, 6.45) is 8.07. The number of nitrogens with two attached hydrogens (primary N) is 1. The maximum Gasteiger partial charge on any atom is 0.417 e. The highest BCUT2D eigenvalue weighted by molar-refractivity contribution is 5.13. The van der Waals surface area contributed by atoms with Crippen molar-refractivity contribution in [3.63, 3.8) is 0 Å². The molecule has 10 nitrogen and oxygen atoms in total. The molecule has 0 bridgehead atoms. The summed E-state index contributed by atoms with van der Waals surface area (Å²) in [6.45, 7) is 12.2. The van der Waals surface area contributed by atoms with E-state index in [2.05, 4.69) is 49.6 Å². The molecule has 10 heteroatoms. The summed E-state index contributed by atoms with van der Waals surface area (Å²) in [5.74, 6) is -1.75. The summed E-state index contributed by atoms with van der Waals surface area (Å²) in [6, 6.07) is 0. The van der Waals surface area contributed by atoms with Crippen LogP contribution in [-0.4, -0.2) is 54.1 Å². The quantitative estimate of drug-likeness (QED) is 0.157. The lowest BCUT2D eigenvalue weighted by Gasteiger charge is -2.40. The second-order valence-corrected chi connectivity index (χ2v) is 8.34. The molecule has 0 aromatic carbocycles. The van der Waals surface area contributed by atoms with Crippen LogP contribution in [0.3, 0.4) is 0 Å². The van der Waals surface area contributed by atoms with E-state index in [0.29, 0.717) is 33.0 Å². The molecule has 1 aromatic rings. The van der Waals surface area contributed by atoms with Gasteiger partial charge < -0.3 is 29.4 Å². The number of unbranched alkanes of at least 4 members (excludes halogenated alkanes) is 5. The van der Waals surface area contributed by atoms with Gasteiger partial charge in [0.2, 0.25) is 11.8 Å². The van der Waals surface area contributed by atoms with Gasteiger partial charge in [0.05, 0.1) is 33.0 Å². The highest BCUT2D eigenvalue weighted by Crippen LogP contribution is 2.35. The van der Waals surface area contributed by atoms with Crippen molar-refractivity contribution in [2.75, 3.05) is 38.8 Å². The van der Waals surface area contributed by atoms with Crippen molar-refractivity contribution < 1.29 is 28.4 Å². The Morgan fingerprint density at radius 2 is 1.03 bits per heavy atom. The molecule has 1 heterocycles. The van der Waals surface area contributed by atoms with Crippen molar-refractivity contribution in [3.05, 3.63) is 12.2 Å². The van der Waals surface area contributed by atoms with E-state index in [4.69, 9.17) is 34.2 Å². The van der Waals surface area contributed by atoms with Gasteiger partial charge in [-0.2, -0.15) is 4.98 Å². The highest BCUT2D eigenvalue weighted by atomic mass is 17.1. The third-order valence-electron chi connectivity index (χ3n) is 5.03. The molecule has 0 aliphatic carbocycles. The SMILES string of the molecule is CCCCOC(OCCCC)(OCCCC)OC(OCCCC)(OCCCC)c1ncnc(N)n1. The fraction of sp³-hybridized carbons (Fsp3) is 0.880. The van der Waals surface area contributed by atoms with E-state index in [1.807, 2.05) is 0 Å². The van der Waals surface area contributed by atoms with Crippen LogP contribution in [0.15, 0.2) is 6.33 Å². The Labute approximate surface area is 211 Å². The predicted octanol–water partition coefficient (Wildman–Crippen LogP) is 5.28. The van der Waals surface area contributed by atoms with Crippen molar-refractivity contribution in [3.8, 4) is 0 Å². The molecule has 1 aromatic heterocycles. The van der Waals surface area contributed by atoms with Crippen molar-refractivity contribution in [1.29, 1.82) is 0 Å². The standard InChI is InChI=1S/C25H48N4O6/c1-6-11-16-30-24(31-17-12-7-2,22-27-21-28-23(26)29-22)35-25(32-18-13-8-3,33-19-14-9-4)34-20-15-10-5/h21H,6-20H2,1-5H3,(H2,26,27,28,29). The maximum atomic E-state index is 6.48. The largest absolute Gasteiger partial charge is 0.417 e. The molecule has 0 saturated carbocycles. The van der Waals surface area contributed by atoms with E-state index >= 15 is 0 Å². The summed E-state index contributed by atoms with van der Waals surface area (Å²) >= 11 is 0. The first-order valence-electron chi connectivity index (χ1n) is 13.4. The third-order valence-corrected chi connectivity index (χ3v) is 5.03. The molecule has 0 saturated heterocycles. The topological polar surface area (TPSA) is 120 Å². The van der Waals surface area contributed by atoms with Gasteiger partial charge in [0.25, 0.3) is 0 Å². The molecule has 0 aliphatic heterocycles. The maximum absolute atomic E-state index is 6.48. The first-order valence-corrected chi connectivity index (χ1v) is 13.4. The van der Waals surface area contributed by atoms with Crippen LogP contribution in [0.2, 0.25) is 0 Å². The van der Waals surface area contributed by atoms with E-state index in [1.165, 1.54) is 6.33 Å². The zero-order valence-corrected chi connectivity index (χ0v) is 22.6. The Balaban J connectivity index is 3.48. The molecule has 0 spiro atoms. The third kappa shape index (κ3) is 11.9. The number of nitrogens with zero attached hydrogens (tertiary/aromatic N) is 3. The fourth-order valence-corrected chi connectivity index (χ4v) is 2.84. The van der Waals surface area contributed by atoms with Crippen molar-refractivity contribution in [2.45, 2.75) is 111 Å². The lowest BCUT2D eigenvalue weighted by Crippen LogP contribution is -2.52. The molecule has 1 rings (SSSR count). The Morgan fingerprint density at radius 1 is 0.629 bits per heavy atom. The van der Waals surface area contributed by atoms with Crippen LogP contribution in [0.25, 0.3) is 0 Å². The van der Waals surface area contributed by atoms with Gasteiger partial charge in [-0.3, -0.25) is 0 Å². The molecule has 0 radical (unpaired) electrons. The summed E-state index contributed by atoms with van der Waals surface area (Å²) in [5, 5.41) is 0. The normalized spacial score (nSPS) is 12.4. The fourth-order valence-electron chi connectivity index (χ4n) is 2.84. The van der Waals surface area contributed by atoms with Gasteiger partial charge in [-0.15, -0.1) is 0 Å². The lowest BCUT2D eigenvalue weighted by atomic mass is 10.3. The van der Waals surface area contributed by atoms with E-state index < -0.39 is 12.1 Å². The van der Waals surface area contributed by atoms with Crippen LogP contribution in [0, 0.1) is 0 Å². The van der Waals surface area contributed by atoms with Crippen molar-refractivity contribution in [2.24, 2.45) is 0 Å². The van der Waals surface area contributed by atoms with E-state index in [1.54, 1.807) is 0 Å². The molecule has 204 valence electrons. The number of hydrogen-bond acceptors (Lipinski definition) is 10. The van der Waals surface area contributed by atoms with Gasteiger partial charge in [0.1, 0.15) is 6.33 Å². The number of rotatable bonds is 23. The number of aromatic nitrogens is 3. The van der Waals surface area contributed by atoms with Gasteiger partial charge in [-0.25, -0.2) is 14.7 Å². The van der Waals surface area contributed by atoms with Crippen molar-refractivity contribution in [1.82, 2.24) is 15.0 Å². The van der Waals surface area contributed by atoms with Gasteiger partial charge in [-0.05, 0) is 32.1 Å². The average Bonchev–Trinajstić information content (AvgIpc) is 2.85. The monoisotopic (exact) mass is 500 g/mol. The van der Waals surface area contributed by atoms with E-state index in [0.717, 1.165) is 64.2 Å². The van der Waals surface area contributed by atoms with Gasteiger partial charge in [0, 0.05) is 0 Å². The Kier molecular flexibility index (Phi) is 17.0. The number of hydrogen-bond donors (Lipinski definition) is 1. The van der Waals surface area contributed by atoms with Gasteiger partial charge in [0.15, 0.2) is 0 Å². The van der Waals surface area contributed by atoms with Crippen LogP contribution in [0.4, 0.5) is 5.95 Å². The Bertz CT molecular complexity index is 616. The first-order chi connectivity index (χ1) is 17.0. The number of ether oxygens (including phenoxy) is 6. The average molecular weight is 501 g/mol. The van der Waals surface area contributed by atoms with Gasteiger partial charge in [-0.1, -0.05) is 66.7 Å². The summed E-state index contributed by atoms with van der Waals surface area (Å²) in [5.41, 5.74) is 5.90. The highest BCUT2D eigenvalue weighted by Gasteiger charge is 2.51. The number of anilines is 1. The molecule has 0 fully saturated rings. The van der Waals surface area contributed by atoms with Crippen LogP contribution >= 0.6 is 0 Å². The molecule has 2 N–H and O–H groups in total. The van der Waals surface area contributed by atoms with E-state index in [9.17, 15) is 0 Å². The number of nitrogen functional groups attached to an aromatic ring is 1. The second kappa shape index (κ2) is 18.8. The van der Waals surface area contributed by atoms with Crippen LogP contribution in [-0.2, 0) is 34.4 Å². The predicted molar refractivity (Wildman–Crippen MR) is 134 cm³/mol. The minimum absolute atomic E-state index is 0.0254. The molecule has 35 heavy (non-hydrogen) atoms. The molecular weight excluding hydrogens is 452 g/mol. The molecule has 0 unspecified atom stereocenters. The smallest absolute Gasteiger partial charge is 0.368 e. The molecule has 0 atom stereocenters. The van der Waals surface area contributed by atoms with Crippen LogP contribution < -0.4 is 5.73 Å². The summed E-state index contributed by atoms with van der Waals surface area (Å²) in [4.78, 5) is 12.5.